The summed E-state index contributed by atoms with van der Waals surface area (Å²) >= 11 is 0. The molecule has 0 aliphatic carbocycles. The van der Waals surface area contributed by atoms with Gasteiger partial charge >= 0.3 is 5.69 Å². The molecule has 2 aromatic carbocycles. The van der Waals surface area contributed by atoms with Crippen LogP contribution in [0.3, 0.4) is 0 Å². The van der Waals surface area contributed by atoms with Crippen molar-refractivity contribution in [1.29, 1.82) is 0 Å². The van der Waals surface area contributed by atoms with Crippen LogP contribution in [0.1, 0.15) is 41.0 Å². The topological polar surface area (TPSA) is 147 Å². The highest BCUT2D eigenvalue weighted by Gasteiger charge is 2.32. The number of nitro groups is 1. The molecule has 0 bridgehead atoms. The fourth-order valence-electron chi connectivity index (χ4n) is 3.08. The summed E-state index contributed by atoms with van der Waals surface area (Å²) in [6.45, 7) is 4.65. The second-order valence-electron chi connectivity index (χ2n) is 7.60. The molecule has 0 fully saturated rings. The van der Waals surface area contributed by atoms with Gasteiger partial charge in [0.2, 0.25) is 11.5 Å². The van der Waals surface area contributed by atoms with Crippen LogP contribution in [-0.4, -0.2) is 51.8 Å². The monoisotopic (exact) mass is 491 g/mol. The van der Waals surface area contributed by atoms with Crippen LogP contribution in [0.4, 0.5) is 5.69 Å². The lowest BCUT2D eigenvalue weighted by Crippen LogP contribution is -2.41. The minimum atomic E-state index is -0.968. The molecule has 0 spiro atoms. The normalized spacial score (nSPS) is 10.4. The van der Waals surface area contributed by atoms with Crippen molar-refractivity contribution in [3.8, 4) is 28.7 Å². The highest BCUT2D eigenvalue weighted by Crippen LogP contribution is 2.46. The molecule has 12 nitrogen and oxygen atoms in total. The van der Waals surface area contributed by atoms with Gasteiger partial charge in [0, 0.05) is 11.6 Å². The first-order chi connectivity index (χ1) is 16.7. The molecular weight excluding hydrogens is 462 g/mol. The second-order valence-corrected chi connectivity index (χ2v) is 7.60. The quantitative estimate of drug-likeness (QED) is 0.357. The maximum absolute atomic E-state index is 12.8. The summed E-state index contributed by atoms with van der Waals surface area (Å²) in [5.41, 5.74) is 3.50. The van der Waals surface area contributed by atoms with Crippen LogP contribution >= 0.6 is 0 Å². The van der Waals surface area contributed by atoms with E-state index in [1.807, 2.05) is 0 Å². The van der Waals surface area contributed by atoms with Crippen molar-refractivity contribution in [1.82, 2.24) is 10.9 Å². The number of amides is 2. The van der Waals surface area contributed by atoms with E-state index in [1.165, 1.54) is 40.6 Å². The summed E-state index contributed by atoms with van der Waals surface area (Å²) in [6, 6.07) is 5.65. The number of methoxy groups -OCH3 is 4. The van der Waals surface area contributed by atoms with Gasteiger partial charge in [-0.15, -0.1) is 0 Å². The highest BCUT2D eigenvalue weighted by molar-refractivity contribution is 6.03. The number of nitrogens with one attached hydrogen (secondary N) is 2. The summed E-state index contributed by atoms with van der Waals surface area (Å²) in [5, 5.41) is 11.7. The Balaban J connectivity index is 2.23. The number of nitrogens with zero attached hydrogens (tertiary/aromatic N) is 1. The van der Waals surface area contributed by atoms with E-state index >= 15 is 0 Å². The number of hydrogen-bond acceptors (Lipinski definition) is 9. The third-order valence-electron chi connectivity index (χ3n) is 4.90. The molecule has 0 unspecified atom stereocenters. The van der Waals surface area contributed by atoms with Gasteiger partial charge in [-0.2, -0.15) is 0 Å². The number of hydrogen-bond donors (Lipinski definition) is 2. The van der Waals surface area contributed by atoms with Gasteiger partial charge in [0.05, 0.1) is 40.0 Å². The maximum Gasteiger partial charge on any atom is 0.327 e. The molecule has 35 heavy (non-hydrogen) atoms. The maximum atomic E-state index is 12.8. The molecule has 0 heterocycles. The first-order valence-corrected chi connectivity index (χ1v) is 10.6. The average molecular weight is 491 g/mol. The minimum Gasteiger partial charge on any atom is -0.493 e. The number of ether oxygens (including phenoxy) is 5. The molecule has 0 aromatic heterocycles. The Morgan fingerprint density at radius 3 is 2.06 bits per heavy atom. The fourth-order valence-corrected chi connectivity index (χ4v) is 3.08. The molecule has 2 amide bonds. The summed E-state index contributed by atoms with van der Waals surface area (Å²) in [6.07, 6.45) is 0.852. The Morgan fingerprint density at radius 1 is 0.886 bits per heavy atom. The van der Waals surface area contributed by atoms with Crippen LogP contribution in [-0.2, 0) is 0 Å². The molecule has 12 heteroatoms. The van der Waals surface area contributed by atoms with E-state index in [0.717, 1.165) is 12.5 Å². The van der Waals surface area contributed by atoms with E-state index in [1.54, 1.807) is 6.07 Å². The van der Waals surface area contributed by atoms with Crippen molar-refractivity contribution in [3.05, 3.63) is 45.5 Å². The number of carbonyl (C=O) groups is 2. The minimum absolute atomic E-state index is 0.0317. The van der Waals surface area contributed by atoms with Crippen molar-refractivity contribution in [2.45, 2.75) is 20.3 Å². The Hall–Kier alpha value is -4.22. The predicted molar refractivity (Wildman–Crippen MR) is 126 cm³/mol. The zero-order valence-corrected chi connectivity index (χ0v) is 20.4. The summed E-state index contributed by atoms with van der Waals surface area (Å²) in [4.78, 5) is 36.3. The molecule has 0 saturated carbocycles. The summed E-state index contributed by atoms with van der Waals surface area (Å²) in [7, 11) is 5.21. The van der Waals surface area contributed by atoms with Crippen molar-refractivity contribution in [2.75, 3.05) is 35.0 Å². The molecule has 2 N–H and O–H groups in total. The van der Waals surface area contributed by atoms with Gasteiger partial charge in [0.25, 0.3) is 11.8 Å². The number of rotatable bonds is 11. The molecule has 0 aliphatic heterocycles. The SMILES string of the molecule is COc1cc(C(=O)NNC(=O)c2cc(OC)c(OC)c(OC)c2[N+](=O)[O-])ccc1OCCC(C)C. The lowest BCUT2D eigenvalue weighted by atomic mass is 10.1. The molecule has 0 aliphatic rings. The van der Waals surface area contributed by atoms with Crippen LogP contribution < -0.4 is 34.5 Å². The molecular formula is C23H29N3O9. The Morgan fingerprint density at radius 2 is 1.51 bits per heavy atom. The number of hydrazine groups is 1. The van der Waals surface area contributed by atoms with Gasteiger partial charge in [-0.25, -0.2) is 0 Å². The summed E-state index contributed by atoms with van der Waals surface area (Å²) < 4.78 is 26.4. The fraction of sp³-hybridized carbons (Fsp3) is 0.391. The van der Waals surface area contributed by atoms with Crippen molar-refractivity contribution < 1.29 is 38.2 Å². The van der Waals surface area contributed by atoms with Crippen LogP contribution in [0.15, 0.2) is 24.3 Å². The van der Waals surface area contributed by atoms with Gasteiger partial charge in [0.1, 0.15) is 5.56 Å². The van der Waals surface area contributed by atoms with Crippen molar-refractivity contribution in [2.24, 2.45) is 5.92 Å². The second kappa shape index (κ2) is 12.3. The molecule has 0 radical (unpaired) electrons. The average Bonchev–Trinajstić information content (AvgIpc) is 2.85. The van der Waals surface area contributed by atoms with Crippen LogP contribution in [0.2, 0.25) is 0 Å². The molecule has 2 rings (SSSR count). The Labute approximate surface area is 202 Å². The van der Waals surface area contributed by atoms with E-state index in [2.05, 4.69) is 24.7 Å². The van der Waals surface area contributed by atoms with Gasteiger partial charge in [-0.05, 0) is 30.5 Å². The number of nitro benzene ring substituents is 1. The van der Waals surface area contributed by atoms with Crippen molar-refractivity contribution >= 4 is 17.5 Å². The molecule has 0 atom stereocenters. The molecule has 0 saturated heterocycles. The van der Waals surface area contributed by atoms with E-state index in [-0.39, 0.29) is 22.8 Å². The van der Waals surface area contributed by atoms with Crippen LogP contribution in [0.5, 0.6) is 28.7 Å². The largest absolute Gasteiger partial charge is 0.493 e. The Kier molecular flexibility index (Phi) is 9.50. The molecule has 2 aromatic rings. The van der Waals surface area contributed by atoms with E-state index in [9.17, 15) is 19.7 Å². The third-order valence-corrected chi connectivity index (χ3v) is 4.90. The summed E-state index contributed by atoms with van der Waals surface area (Å²) in [5.74, 6) is -0.684. The van der Waals surface area contributed by atoms with E-state index in [0.29, 0.717) is 24.0 Å². The van der Waals surface area contributed by atoms with Gasteiger partial charge < -0.3 is 23.7 Å². The van der Waals surface area contributed by atoms with E-state index in [4.69, 9.17) is 23.7 Å². The zero-order valence-electron chi connectivity index (χ0n) is 20.4. The smallest absolute Gasteiger partial charge is 0.327 e. The van der Waals surface area contributed by atoms with Gasteiger partial charge in [-0.1, -0.05) is 13.8 Å². The van der Waals surface area contributed by atoms with Crippen LogP contribution in [0.25, 0.3) is 0 Å². The van der Waals surface area contributed by atoms with E-state index < -0.39 is 28.0 Å². The highest BCUT2D eigenvalue weighted by atomic mass is 16.6. The first kappa shape index (κ1) is 27.0. The van der Waals surface area contributed by atoms with Crippen molar-refractivity contribution in [3.63, 3.8) is 0 Å². The Bertz CT molecular complexity index is 1090. The first-order valence-electron chi connectivity index (χ1n) is 10.6. The number of carbonyl (C=O) groups excluding carboxylic acids is 2. The number of benzene rings is 2. The predicted octanol–water partition coefficient (Wildman–Crippen LogP) is 3.13. The third kappa shape index (κ3) is 6.43. The van der Waals surface area contributed by atoms with Crippen LogP contribution in [0, 0.1) is 16.0 Å². The van der Waals surface area contributed by atoms with Gasteiger partial charge in [-0.3, -0.25) is 30.6 Å². The lowest BCUT2D eigenvalue weighted by Gasteiger charge is -2.15. The zero-order chi connectivity index (χ0) is 26.1. The lowest BCUT2D eigenvalue weighted by molar-refractivity contribution is -0.386. The standard InChI is InChI=1S/C23H29N3O9/c1-13(2)9-10-35-16-8-7-14(11-17(16)31-3)22(27)24-25-23(28)15-12-18(32-4)20(33-5)21(34-6)19(15)26(29)30/h7-8,11-13H,9-10H2,1-6H3,(H,24,27)(H,25,28). The molecule has 190 valence electrons. The van der Waals surface area contributed by atoms with Gasteiger partial charge in [0.15, 0.2) is 17.2 Å².